The van der Waals surface area contributed by atoms with Crippen LogP contribution in [-0.4, -0.2) is 52.7 Å². The summed E-state index contributed by atoms with van der Waals surface area (Å²) < 4.78 is 5.93. The van der Waals surface area contributed by atoms with Crippen LogP contribution in [0.2, 0.25) is 0 Å². The van der Waals surface area contributed by atoms with E-state index in [9.17, 15) is 15.0 Å². The molecule has 5 heteroatoms. The van der Waals surface area contributed by atoms with E-state index in [-0.39, 0.29) is 17.6 Å². The van der Waals surface area contributed by atoms with Crippen molar-refractivity contribution < 1.29 is 19.7 Å². The van der Waals surface area contributed by atoms with Gasteiger partial charge < -0.3 is 19.8 Å². The van der Waals surface area contributed by atoms with Gasteiger partial charge in [0.05, 0.1) is 11.5 Å². The molecule has 1 aliphatic carbocycles. The fourth-order valence-electron chi connectivity index (χ4n) is 4.64. The lowest BCUT2D eigenvalue weighted by atomic mass is 9.59. The van der Waals surface area contributed by atoms with E-state index >= 15 is 0 Å². The van der Waals surface area contributed by atoms with E-state index in [1.165, 1.54) is 6.08 Å². The molecule has 23 heavy (non-hydrogen) atoms. The Labute approximate surface area is 135 Å². The van der Waals surface area contributed by atoms with Crippen LogP contribution < -0.4 is 4.74 Å². The number of allylic oxidation sites excluding steroid dienone is 1. The summed E-state index contributed by atoms with van der Waals surface area (Å²) in [6, 6.07) is 3.49. The molecule has 2 bridgehead atoms. The Morgan fingerprint density at radius 2 is 2.26 bits per heavy atom. The smallest absolute Gasteiger partial charge is 0.196 e. The molecule has 0 saturated carbocycles. The van der Waals surface area contributed by atoms with Crippen molar-refractivity contribution in [1.82, 2.24) is 4.90 Å². The monoisotopic (exact) mass is 315 g/mol. The maximum Gasteiger partial charge on any atom is 0.196 e. The van der Waals surface area contributed by atoms with Crippen molar-refractivity contribution >= 4 is 5.78 Å². The standard InChI is InChI=1S/C18H21NO4/c1-3-4-13(21)17-18-7-8-19(2)11(16(18)22)9-10-5-6-12(20)15(23-17)14(10)18/h3-6,11,16-17,20,22H,7-9H2,1-2H3/b4-3-/t11-,16-,17+,18-/m1/s1. The van der Waals surface area contributed by atoms with Gasteiger partial charge in [-0.3, -0.25) is 4.79 Å². The SMILES string of the molecule is C/C=C\C(=O)[C@@H]1Oc2c(O)ccc3c2[C@@]12CCN(C)[C@H](C3)[C@H]2O. The number of aromatic hydroxyl groups is 1. The molecule has 1 aromatic carbocycles. The van der Waals surface area contributed by atoms with Crippen molar-refractivity contribution in [3.63, 3.8) is 0 Å². The van der Waals surface area contributed by atoms with Gasteiger partial charge in [-0.25, -0.2) is 0 Å². The minimum absolute atomic E-state index is 0.0313. The van der Waals surface area contributed by atoms with E-state index < -0.39 is 17.6 Å². The van der Waals surface area contributed by atoms with Gasteiger partial charge in [0.15, 0.2) is 23.4 Å². The normalized spacial score (nSPS) is 35.2. The molecule has 0 unspecified atom stereocenters. The molecule has 0 aromatic heterocycles. The summed E-state index contributed by atoms with van der Waals surface area (Å²) in [7, 11) is 2.01. The zero-order valence-corrected chi connectivity index (χ0v) is 13.3. The Balaban J connectivity index is 1.96. The molecule has 1 aromatic rings. The number of likely N-dealkylation sites (tertiary alicyclic amines) is 1. The lowest BCUT2D eigenvalue weighted by molar-refractivity contribution is -0.131. The van der Waals surface area contributed by atoms with Crippen LogP contribution in [0, 0.1) is 0 Å². The Hall–Kier alpha value is -1.85. The zero-order chi connectivity index (χ0) is 16.4. The number of aliphatic hydroxyl groups is 1. The van der Waals surface area contributed by atoms with E-state index in [4.69, 9.17) is 4.74 Å². The number of phenolic OH excluding ortho intramolecular Hbond substituents is 1. The van der Waals surface area contributed by atoms with E-state index in [1.54, 1.807) is 19.1 Å². The zero-order valence-electron chi connectivity index (χ0n) is 13.3. The van der Waals surface area contributed by atoms with Gasteiger partial charge in [0.1, 0.15) is 0 Å². The van der Waals surface area contributed by atoms with Gasteiger partial charge in [0.25, 0.3) is 0 Å². The summed E-state index contributed by atoms with van der Waals surface area (Å²) in [6.07, 6.45) is 3.07. The highest BCUT2D eigenvalue weighted by molar-refractivity contribution is 5.96. The van der Waals surface area contributed by atoms with Gasteiger partial charge in [0.2, 0.25) is 0 Å². The topological polar surface area (TPSA) is 70.0 Å². The van der Waals surface area contributed by atoms with Crippen molar-refractivity contribution in [1.29, 1.82) is 0 Å². The van der Waals surface area contributed by atoms with Crippen LogP contribution in [-0.2, 0) is 16.6 Å². The number of phenols is 1. The van der Waals surface area contributed by atoms with E-state index in [0.717, 1.165) is 17.7 Å². The summed E-state index contributed by atoms with van der Waals surface area (Å²) in [4.78, 5) is 14.8. The third-order valence-corrected chi connectivity index (χ3v) is 5.75. The predicted molar refractivity (Wildman–Crippen MR) is 84.8 cm³/mol. The summed E-state index contributed by atoms with van der Waals surface area (Å²) >= 11 is 0. The first-order chi connectivity index (χ1) is 11.0. The number of aliphatic hydroxyl groups excluding tert-OH is 1. The summed E-state index contributed by atoms with van der Waals surface area (Å²) in [6.45, 7) is 2.58. The Morgan fingerprint density at radius 3 is 3.00 bits per heavy atom. The van der Waals surface area contributed by atoms with Gasteiger partial charge in [-0.15, -0.1) is 0 Å². The lowest BCUT2D eigenvalue weighted by Gasteiger charge is -2.52. The van der Waals surface area contributed by atoms with E-state index in [0.29, 0.717) is 18.6 Å². The molecule has 4 atom stereocenters. The Kier molecular flexibility index (Phi) is 3.09. The first-order valence-corrected chi connectivity index (χ1v) is 8.07. The maximum absolute atomic E-state index is 12.6. The van der Waals surface area contributed by atoms with Crippen LogP contribution in [0.4, 0.5) is 0 Å². The van der Waals surface area contributed by atoms with Crippen molar-refractivity contribution in [2.45, 2.75) is 43.4 Å². The van der Waals surface area contributed by atoms with Crippen molar-refractivity contribution in [3.05, 3.63) is 35.4 Å². The minimum Gasteiger partial charge on any atom is -0.504 e. The van der Waals surface area contributed by atoms with Crippen LogP contribution >= 0.6 is 0 Å². The van der Waals surface area contributed by atoms with Gasteiger partial charge in [-0.2, -0.15) is 0 Å². The number of piperidine rings is 1. The maximum atomic E-state index is 12.6. The fraction of sp³-hybridized carbons (Fsp3) is 0.500. The van der Waals surface area contributed by atoms with Crippen molar-refractivity contribution in [2.24, 2.45) is 0 Å². The van der Waals surface area contributed by atoms with Crippen LogP contribution in [0.5, 0.6) is 11.5 Å². The number of fused-ring (bicyclic) bond motifs is 1. The number of nitrogens with zero attached hydrogens (tertiary/aromatic N) is 1. The number of carbonyl (C=O) groups is 1. The first-order valence-electron chi connectivity index (χ1n) is 8.07. The largest absolute Gasteiger partial charge is 0.504 e. The lowest BCUT2D eigenvalue weighted by Crippen LogP contribution is -2.66. The van der Waals surface area contributed by atoms with Gasteiger partial charge in [0, 0.05) is 11.6 Å². The molecule has 122 valence electrons. The molecule has 2 aliphatic heterocycles. The number of ether oxygens (including phenoxy) is 1. The van der Waals surface area contributed by atoms with E-state index in [2.05, 4.69) is 4.90 Å². The number of carbonyl (C=O) groups excluding carboxylic acids is 1. The molecule has 3 aliphatic rings. The molecule has 2 heterocycles. The van der Waals surface area contributed by atoms with Crippen LogP contribution in [0.25, 0.3) is 0 Å². The molecule has 1 fully saturated rings. The van der Waals surface area contributed by atoms with Crippen molar-refractivity contribution in [2.75, 3.05) is 13.6 Å². The van der Waals surface area contributed by atoms with Gasteiger partial charge in [-0.1, -0.05) is 12.1 Å². The van der Waals surface area contributed by atoms with Crippen molar-refractivity contribution in [3.8, 4) is 11.5 Å². The van der Waals surface area contributed by atoms with Crippen LogP contribution in [0.1, 0.15) is 24.5 Å². The molecule has 1 spiro atoms. The summed E-state index contributed by atoms with van der Waals surface area (Å²) in [5.41, 5.74) is 1.16. The number of ketones is 1. The summed E-state index contributed by atoms with van der Waals surface area (Å²) in [5, 5.41) is 21.3. The molecular formula is C18H21NO4. The number of hydrogen-bond donors (Lipinski definition) is 2. The second-order valence-corrected chi connectivity index (χ2v) is 6.84. The van der Waals surface area contributed by atoms with Gasteiger partial charge in [-0.05, 0) is 51.1 Å². The molecule has 5 nitrogen and oxygen atoms in total. The average Bonchev–Trinajstić information content (AvgIpc) is 2.87. The second kappa shape index (κ2) is 4.82. The second-order valence-electron chi connectivity index (χ2n) is 6.84. The van der Waals surface area contributed by atoms with Gasteiger partial charge >= 0.3 is 0 Å². The average molecular weight is 315 g/mol. The number of benzene rings is 1. The Bertz CT molecular complexity index is 713. The molecule has 2 N–H and O–H groups in total. The first kappa shape index (κ1) is 14.7. The third-order valence-electron chi connectivity index (χ3n) is 5.75. The van der Waals surface area contributed by atoms with E-state index in [1.807, 2.05) is 13.1 Å². The van der Waals surface area contributed by atoms with Crippen LogP contribution in [0.3, 0.4) is 0 Å². The number of hydrogen-bond acceptors (Lipinski definition) is 5. The third kappa shape index (κ3) is 1.72. The predicted octanol–water partition coefficient (Wildman–Crippen LogP) is 1.16. The number of rotatable bonds is 2. The molecule has 0 radical (unpaired) electrons. The summed E-state index contributed by atoms with van der Waals surface area (Å²) in [5.74, 6) is 0.272. The molecule has 0 amide bonds. The molecule has 4 rings (SSSR count). The van der Waals surface area contributed by atoms with Crippen LogP contribution in [0.15, 0.2) is 24.3 Å². The fourth-order valence-corrected chi connectivity index (χ4v) is 4.64. The quantitative estimate of drug-likeness (QED) is 0.802. The highest BCUT2D eigenvalue weighted by Crippen LogP contribution is 2.57. The minimum atomic E-state index is -0.771. The molecular weight excluding hydrogens is 294 g/mol. The Morgan fingerprint density at radius 1 is 1.48 bits per heavy atom. The highest BCUT2D eigenvalue weighted by Gasteiger charge is 2.63. The number of likely N-dealkylation sites (N-methyl/N-ethyl adjacent to an activating group) is 1. The molecule has 1 saturated heterocycles. The highest BCUT2D eigenvalue weighted by atomic mass is 16.5.